The van der Waals surface area contributed by atoms with E-state index in [1.165, 1.54) is 4.57 Å². The van der Waals surface area contributed by atoms with Crippen molar-refractivity contribution in [3.63, 3.8) is 0 Å². The molecule has 0 unspecified atom stereocenters. The van der Waals surface area contributed by atoms with Crippen LogP contribution in [0.2, 0.25) is 0 Å². The molecule has 0 amide bonds. The molecule has 0 spiro atoms. The standard InChI is InChI=1S/C10H18N4O3/c1-3-14-8(11)7(9(15)13-10(14)16)12-5-4-6-17-2/h12H,3-6,11H2,1-2H3,(H,13,15,16). The number of methoxy groups -OCH3 is 1. The SMILES string of the molecule is CCn1c(N)c(NCCCOC)c(=O)[nH]c1=O. The summed E-state index contributed by atoms with van der Waals surface area (Å²) >= 11 is 0. The van der Waals surface area contributed by atoms with Crippen molar-refractivity contribution in [2.75, 3.05) is 31.3 Å². The maximum atomic E-state index is 11.6. The van der Waals surface area contributed by atoms with Crippen molar-refractivity contribution in [3.05, 3.63) is 20.8 Å². The van der Waals surface area contributed by atoms with Crippen molar-refractivity contribution >= 4 is 11.5 Å². The summed E-state index contributed by atoms with van der Waals surface area (Å²) in [4.78, 5) is 25.2. The van der Waals surface area contributed by atoms with Crippen LogP contribution in [0.25, 0.3) is 0 Å². The molecule has 1 heterocycles. The Balaban J connectivity index is 2.92. The summed E-state index contributed by atoms with van der Waals surface area (Å²) in [6.45, 7) is 3.35. The first-order chi connectivity index (χ1) is 8.11. The summed E-state index contributed by atoms with van der Waals surface area (Å²) in [6.07, 6.45) is 0.751. The summed E-state index contributed by atoms with van der Waals surface area (Å²) in [5.41, 5.74) is 5.02. The minimum absolute atomic E-state index is 0.165. The first-order valence-electron chi connectivity index (χ1n) is 5.47. The van der Waals surface area contributed by atoms with Crippen LogP contribution in [0.1, 0.15) is 13.3 Å². The molecule has 0 atom stereocenters. The van der Waals surface area contributed by atoms with Crippen molar-refractivity contribution in [3.8, 4) is 0 Å². The number of ether oxygens (including phenoxy) is 1. The molecular formula is C10H18N4O3. The molecule has 0 aromatic carbocycles. The van der Waals surface area contributed by atoms with E-state index in [0.29, 0.717) is 19.7 Å². The summed E-state index contributed by atoms with van der Waals surface area (Å²) in [6, 6.07) is 0. The normalized spacial score (nSPS) is 10.5. The fraction of sp³-hybridized carbons (Fsp3) is 0.600. The highest BCUT2D eigenvalue weighted by Crippen LogP contribution is 2.09. The maximum Gasteiger partial charge on any atom is 0.330 e. The second kappa shape index (κ2) is 6.09. The predicted octanol–water partition coefficient (Wildman–Crippen LogP) is -0.413. The first-order valence-corrected chi connectivity index (χ1v) is 5.47. The third-order valence-electron chi connectivity index (χ3n) is 2.38. The van der Waals surface area contributed by atoms with Crippen molar-refractivity contribution < 1.29 is 4.74 Å². The number of anilines is 2. The molecule has 1 rings (SSSR count). The van der Waals surface area contributed by atoms with Gasteiger partial charge < -0.3 is 15.8 Å². The summed E-state index contributed by atoms with van der Waals surface area (Å²) in [5.74, 6) is 0.165. The maximum absolute atomic E-state index is 11.6. The quantitative estimate of drug-likeness (QED) is 0.588. The molecule has 1 aromatic rings. The van der Waals surface area contributed by atoms with Gasteiger partial charge in [0.1, 0.15) is 11.5 Å². The van der Waals surface area contributed by atoms with Crippen molar-refractivity contribution in [1.82, 2.24) is 9.55 Å². The van der Waals surface area contributed by atoms with E-state index >= 15 is 0 Å². The largest absolute Gasteiger partial charge is 0.385 e. The number of aromatic amines is 1. The third kappa shape index (κ3) is 3.10. The number of hydrogen-bond donors (Lipinski definition) is 3. The van der Waals surface area contributed by atoms with E-state index in [0.717, 1.165) is 6.42 Å². The third-order valence-corrected chi connectivity index (χ3v) is 2.38. The number of aromatic nitrogens is 2. The van der Waals surface area contributed by atoms with Gasteiger partial charge in [0.2, 0.25) is 0 Å². The minimum Gasteiger partial charge on any atom is -0.385 e. The Labute approximate surface area is 98.6 Å². The number of H-pyrrole nitrogens is 1. The molecule has 0 radical (unpaired) electrons. The Morgan fingerprint density at radius 2 is 2.18 bits per heavy atom. The van der Waals surface area contributed by atoms with Crippen LogP contribution in [0, 0.1) is 0 Å². The summed E-state index contributed by atoms with van der Waals surface area (Å²) in [5, 5.41) is 2.91. The lowest BCUT2D eigenvalue weighted by Crippen LogP contribution is -2.33. The Morgan fingerprint density at radius 1 is 1.47 bits per heavy atom. The zero-order valence-electron chi connectivity index (χ0n) is 10.1. The van der Waals surface area contributed by atoms with Crippen LogP contribution in [0.4, 0.5) is 11.5 Å². The second-order valence-electron chi connectivity index (χ2n) is 3.54. The predicted molar refractivity (Wildman–Crippen MR) is 66.4 cm³/mol. The van der Waals surface area contributed by atoms with Crippen LogP contribution in [-0.4, -0.2) is 29.8 Å². The van der Waals surface area contributed by atoms with E-state index in [2.05, 4.69) is 10.3 Å². The molecule has 17 heavy (non-hydrogen) atoms. The zero-order chi connectivity index (χ0) is 12.8. The Kier molecular flexibility index (Phi) is 4.77. The van der Waals surface area contributed by atoms with Gasteiger partial charge in [0.15, 0.2) is 0 Å². The van der Waals surface area contributed by atoms with E-state index in [1.807, 2.05) is 0 Å². The van der Waals surface area contributed by atoms with E-state index in [-0.39, 0.29) is 11.5 Å². The van der Waals surface area contributed by atoms with E-state index in [4.69, 9.17) is 10.5 Å². The first kappa shape index (κ1) is 13.3. The van der Waals surface area contributed by atoms with Gasteiger partial charge in [-0.15, -0.1) is 0 Å². The summed E-state index contributed by atoms with van der Waals surface area (Å²) in [7, 11) is 1.61. The van der Waals surface area contributed by atoms with Crippen molar-refractivity contribution in [1.29, 1.82) is 0 Å². The van der Waals surface area contributed by atoms with E-state index in [9.17, 15) is 9.59 Å². The fourth-order valence-corrected chi connectivity index (χ4v) is 1.50. The lowest BCUT2D eigenvalue weighted by molar-refractivity contribution is 0.198. The zero-order valence-corrected chi connectivity index (χ0v) is 10.1. The van der Waals surface area contributed by atoms with Crippen LogP contribution in [-0.2, 0) is 11.3 Å². The Hall–Kier alpha value is -1.76. The molecule has 0 bridgehead atoms. The van der Waals surface area contributed by atoms with Gasteiger partial charge >= 0.3 is 5.69 Å². The molecule has 0 aliphatic heterocycles. The number of nitrogen functional groups attached to an aromatic ring is 1. The van der Waals surface area contributed by atoms with Gasteiger partial charge in [-0.05, 0) is 13.3 Å². The highest BCUT2D eigenvalue weighted by molar-refractivity contribution is 5.60. The number of hydrogen-bond acceptors (Lipinski definition) is 5. The Morgan fingerprint density at radius 3 is 2.76 bits per heavy atom. The summed E-state index contributed by atoms with van der Waals surface area (Å²) < 4.78 is 6.20. The molecule has 7 nitrogen and oxygen atoms in total. The monoisotopic (exact) mass is 242 g/mol. The average molecular weight is 242 g/mol. The van der Waals surface area contributed by atoms with Crippen molar-refractivity contribution in [2.24, 2.45) is 0 Å². The van der Waals surface area contributed by atoms with Crippen LogP contribution >= 0.6 is 0 Å². The highest BCUT2D eigenvalue weighted by Gasteiger charge is 2.10. The molecule has 0 fully saturated rings. The molecule has 0 saturated heterocycles. The molecule has 96 valence electrons. The van der Waals surface area contributed by atoms with E-state index in [1.54, 1.807) is 14.0 Å². The van der Waals surface area contributed by atoms with Gasteiger partial charge in [-0.25, -0.2) is 4.79 Å². The van der Waals surface area contributed by atoms with Gasteiger partial charge in [-0.2, -0.15) is 0 Å². The molecule has 0 aliphatic rings. The number of rotatable bonds is 6. The molecule has 0 aliphatic carbocycles. The Bertz CT molecular complexity index is 477. The molecule has 4 N–H and O–H groups in total. The van der Waals surface area contributed by atoms with Crippen LogP contribution in [0.3, 0.4) is 0 Å². The number of nitrogens with zero attached hydrogens (tertiary/aromatic N) is 1. The van der Waals surface area contributed by atoms with Crippen molar-refractivity contribution in [2.45, 2.75) is 19.9 Å². The lowest BCUT2D eigenvalue weighted by Gasteiger charge is -2.12. The van der Waals surface area contributed by atoms with Gasteiger partial charge in [0.05, 0.1) is 0 Å². The van der Waals surface area contributed by atoms with Crippen LogP contribution < -0.4 is 22.3 Å². The van der Waals surface area contributed by atoms with Gasteiger partial charge in [-0.1, -0.05) is 0 Å². The smallest absolute Gasteiger partial charge is 0.330 e. The molecule has 0 saturated carbocycles. The molecule has 1 aromatic heterocycles. The fourth-order valence-electron chi connectivity index (χ4n) is 1.50. The minimum atomic E-state index is -0.491. The van der Waals surface area contributed by atoms with Gasteiger partial charge in [0.25, 0.3) is 5.56 Å². The van der Waals surface area contributed by atoms with Gasteiger partial charge in [-0.3, -0.25) is 14.3 Å². The van der Waals surface area contributed by atoms with Crippen LogP contribution in [0.5, 0.6) is 0 Å². The van der Waals surface area contributed by atoms with Gasteiger partial charge in [0, 0.05) is 26.8 Å². The number of nitrogens with two attached hydrogens (primary N) is 1. The average Bonchev–Trinajstić information content (AvgIpc) is 2.28. The van der Waals surface area contributed by atoms with Crippen LogP contribution in [0.15, 0.2) is 9.59 Å². The van der Waals surface area contributed by atoms with E-state index < -0.39 is 11.2 Å². The molecule has 7 heteroatoms. The number of nitrogens with one attached hydrogen (secondary N) is 2. The highest BCUT2D eigenvalue weighted by atomic mass is 16.5. The molecular weight excluding hydrogens is 224 g/mol. The topological polar surface area (TPSA) is 102 Å². The second-order valence-corrected chi connectivity index (χ2v) is 3.54. The lowest BCUT2D eigenvalue weighted by atomic mass is 10.4.